The standard InChI is InChI=1S/C30H30OSi/c1-2-30(29(31)24-23-25-15-7-3-8-16-25)32(26-17-9-4-10-18-26,27-19-11-5-12-20-27)28-21-13-6-14-22-28/h2-22,29-31H,1,23-24H2. The van der Waals surface area contributed by atoms with Gasteiger partial charge in [-0.15, -0.1) is 6.58 Å². The van der Waals surface area contributed by atoms with Gasteiger partial charge in [-0.3, -0.25) is 0 Å². The molecular weight excluding hydrogens is 404 g/mol. The third kappa shape index (κ3) is 4.38. The highest BCUT2D eigenvalue weighted by atomic mass is 28.3. The van der Waals surface area contributed by atoms with Gasteiger partial charge in [0.25, 0.3) is 0 Å². The van der Waals surface area contributed by atoms with Crippen molar-refractivity contribution in [2.75, 3.05) is 0 Å². The van der Waals surface area contributed by atoms with Gasteiger partial charge in [0.15, 0.2) is 8.07 Å². The average Bonchev–Trinajstić information content (AvgIpc) is 2.88. The van der Waals surface area contributed by atoms with Gasteiger partial charge in [-0.2, -0.15) is 0 Å². The zero-order chi connectivity index (χ0) is 22.2. The summed E-state index contributed by atoms with van der Waals surface area (Å²) < 4.78 is 0. The molecule has 0 heterocycles. The number of aliphatic hydroxyl groups is 1. The minimum atomic E-state index is -2.62. The van der Waals surface area contributed by atoms with Crippen LogP contribution in [0.3, 0.4) is 0 Å². The lowest BCUT2D eigenvalue weighted by Gasteiger charge is -2.41. The summed E-state index contributed by atoms with van der Waals surface area (Å²) in [7, 11) is -2.62. The largest absolute Gasteiger partial charge is 0.393 e. The van der Waals surface area contributed by atoms with E-state index in [0.717, 1.165) is 6.42 Å². The number of benzene rings is 4. The summed E-state index contributed by atoms with van der Waals surface area (Å²) in [6.07, 6.45) is 3.05. The first-order valence-electron chi connectivity index (χ1n) is 11.3. The molecule has 2 unspecified atom stereocenters. The van der Waals surface area contributed by atoms with Crippen molar-refractivity contribution in [1.82, 2.24) is 0 Å². The molecule has 0 aromatic heterocycles. The second kappa shape index (κ2) is 10.4. The van der Waals surface area contributed by atoms with Crippen molar-refractivity contribution in [3.8, 4) is 0 Å². The molecule has 0 radical (unpaired) electrons. The summed E-state index contributed by atoms with van der Waals surface area (Å²) in [4.78, 5) is 0. The molecule has 0 aliphatic carbocycles. The maximum absolute atomic E-state index is 11.7. The van der Waals surface area contributed by atoms with Crippen LogP contribution < -0.4 is 15.6 Å². The van der Waals surface area contributed by atoms with Crippen LogP contribution >= 0.6 is 0 Å². The van der Waals surface area contributed by atoms with Crippen LogP contribution in [0.15, 0.2) is 134 Å². The average molecular weight is 435 g/mol. The summed E-state index contributed by atoms with van der Waals surface area (Å²) in [6.45, 7) is 4.25. The summed E-state index contributed by atoms with van der Waals surface area (Å²) in [5.74, 6) is 0. The smallest absolute Gasteiger partial charge is 0.157 e. The monoisotopic (exact) mass is 434 g/mol. The van der Waals surface area contributed by atoms with Gasteiger partial charge in [0, 0.05) is 5.54 Å². The van der Waals surface area contributed by atoms with Gasteiger partial charge >= 0.3 is 0 Å². The van der Waals surface area contributed by atoms with Crippen LogP contribution in [-0.2, 0) is 6.42 Å². The van der Waals surface area contributed by atoms with Gasteiger partial charge in [0.05, 0.1) is 6.10 Å². The first-order chi connectivity index (χ1) is 15.8. The lowest BCUT2D eigenvalue weighted by Crippen LogP contribution is -2.71. The minimum absolute atomic E-state index is 0.0709. The van der Waals surface area contributed by atoms with Gasteiger partial charge in [-0.25, -0.2) is 0 Å². The van der Waals surface area contributed by atoms with E-state index in [-0.39, 0.29) is 5.54 Å². The molecule has 0 aliphatic heterocycles. The van der Waals surface area contributed by atoms with E-state index in [0.29, 0.717) is 6.42 Å². The molecular formula is C30H30OSi. The Hall–Kier alpha value is -3.20. The molecule has 0 spiro atoms. The molecule has 0 fully saturated rings. The molecule has 1 N–H and O–H groups in total. The van der Waals surface area contributed by atoms with Crippen molar-refractivity contribution in [2.45, 2.75) is 24.5 Å². The molecule has 4 rings (SSSR count). The van der Waals surface area contributed by atoms with Gasteiger partial charge in [0.1, 0.15) is 0 Å². The van der Waals surface area contributed by atoms with Crippen molar-refractivity contribution >= 4 is 23.6 Å². The number of hydrogen-bond acceptors (Lipinski definition) is 1. The van der Waals surface area contributed by atoms with Crippen LogP contribution in [0, 0.1) is 0 Å². The fourth-order valence-electron chi connectivity index (χ4n) is 4.94. The first-order valence-corrected chi connectivity index (χ1v) is 13.4. The van der Waals surface area contributed by atoms with E-state index >= 15 is 0 Å². The molecule has 0 amide bonds. The first kappa shape index (κ1) is 22.0. The number of hydrogen-bond donors (Lipinski definition) is 1. The van der Waals surface area contributed by atoms with Crippen LogP contribution in [0.2, 0.25) is 5.54 Å². The topological polar surface area (TPSA) is 20.2 Å². The summed E-state index contributed by atoms with van der Waals surface area (Å²) in [6, 6.07) is 42.6. The van der Waals surface area contributed by atoms with E-state index in [9.17, 15) is 5.11 Å². The predicted octanol–water partition coefficient (Wildman–Crippen LogP) is 4.71. The zero-order valence-corrected chi connectivity index (χ0v) is 19.3. The number of rotatable bonds is 9. The molecule has 2 atom stereocenters. The number of aliphatic hydroxyl groups excluding tert-OH is 1. The third-order valence-corrected chi connectivity index (χ3v) is 11.8. The fraction of sp³-hybridized carbons (Fsp3) is 0.133. The Kier molecular flexibility index (Phi) is 7.16. The second-order valence-corrected chi connectivity index (χ2v) is 12.3. The maximum atomic E-state index is 11.7. The highest BCUT2D eigenvalue weighted by Gasteiger charge is 2.47. The van der Waals surface area contributed by atoms with Crippen molar-refractivity contribution in [3.05, 3.63) is 140 Å². The van der Waals surface area contributed by atoms with Crippen molar-refractivity contribution in [3.63, 3.8) is 0 Å². The molecule has 1 nitrogen and oxygen atoms in total. The highest BCUT2D eigenvalue weighted by molar-refractivity contribution is 7.12. The Morgan fingerprint density at radius 3 is 1.38 bits per heavy atom. The lowest BCUT2D eigenvalue weighted by molar-refractivity contribution is 0.167. The summed E-state index contributed by atoms with van der Waals surface area (Å²) in [5, 5.41) is 15.5. The predicted molar refractivity (Wildman–Crippen MR) is 139 cm³/mol. The fourth-order valence-corrected chi connectivity index (χ4v) is 10.3. The van der Waals surface area contributed by atoms with E-state index in [2.05, 4.69) is 122 Å². The maximum Gasteiger partial charge on any atom is 0.157 e. The normalized spacial score (nSPS) is 13.3. The highest BCUT2D eigenvalue weighted by Crippen LogP contribution is 2.30. The Morgan fingerprint density at radius 1 is 0.625 bits per heavy atom. The summed E-state index contributed by atoms with van der Waals surface area (Å²) >= 11 is 0. The van der Waals surface area contributed by atoms with E-state index in [1.54, 1.807) is 0 Å². The Morgan fingerprint density at radius 2 is 1.00 bits per heavy atom. The van der Waals surface area contributed by atoms with Crippen molar-refractivity contribution in [2.24, 2.45) is 0 Å². The minimum Gasteiger partial charge on any atom is -0.393 e. The van der Waals surface area contributed by atoms with Crippen LogP contribution in [0.1, 0.15) is 12.0 Å². The summed E-state index contributed by atoms with van der Waals surface area (Å²) in [5.41, 5.74) is 1.18. The zero-order valence-electron chi connectivity index (χ0n) is 18.3. The second-order valence-electron chi connectivity index (χ2n) is 8.26. The van der Waals surface area contributed by atoms with Gasteiger partial charge in [-0.05, 0) is 34.0 Å². The SMILES string of the molecule is C=CC(C(O)CCc1ccccc1)[Si](c1ccccc1)(c1ccccc1)c1ccccc1. The molecule has 0 aliphatic rings. The molecule has 4 aromatic carbocycles. The molecule has 32 heavy (non-hydrogen) atoms. The van der Waals surface area contributed by atoms with Crippen LogP contribution in [0.25, 0.3) is 0 Å². The van der Waals surface area contributed by atoms with Gasteiger partial charge < -0.3 is 5.11 Å². The van der Waals surface area contributed by atoms with Crippen LogP contribution in [-0.4, -0.2) is 19.3 Å². The number of aryl methyl sites for hydroxylation is 1. The van der Waals surface area contributed by atoms with Crippen LogP contribution in [0.5, 0.6) is 0 Å². The quantitative estimate of drug-likeness (QED) is 0.230. The molecule has 2 heteroatoms. The third-order valence-electron chi connectivity index (χ3n) is 6.43. The van der Waals surface area contributed by atoms with E-state index in [4.69, 9.17) is 0 Å². The van der Waals surface area contributed by atoms with Crippen LogP contribution in [0.4, 0.5) is 0 Å². The lowest BCUT2D eigenvalue weighted by atomic mass is 10.0. The van der Waals surface area contributed by atoms with E-state index in [1.807, 2.05) is 12.1 Å². The van der Waals surface area contributed by atoms with E-state index in [1.165, 1.54) is 21.1 Å². The van der Waals surface area contributed by atoms with Crippen molar-refractivity contribution < 1.29 is 5.11 Å². The Bertz CT molecular complexity index is 998. The van der Waals surface area contributed by atoms with Gasteiger partial charge in [0.2, 0.25) is 0 Å². The van der Waals surface area contributed by atoms with E-state index < -0.39 is 14.2 Å². The van der Waals surface area contributed by atoms with Crippen molar-refractivity contribution in [1.29, 1.82) is 0 Å². The molecule has 0 saturated heterocycles. The Balaban J connectivity index is 1.86. The molecule has 0 bridgehead atoms. The van der Waals surface area contributed by atoms with Gasteiger partial charge in [-0.1, -0.05) is 127 Å². The molecule has 0 saturated carbocycles. The Labute approximate surface area is 192 Å². The molecule has 4 aromatic rings. The molecule has 160 valence electrons.